The van der Waals surface area contributed by atoms with Crippen LogP contribution in [0.15, 0.2) is 0 Å². The SMILES string of the molecule is CN(C(=O)c1nn[nH]n1)C1CCC1. The maximum Gasteiger partial charge on any atom is 0.295 e. The predicted octanol–water partition coefficient (Wildman–Crippen LogP) is -0.176. The molecule has 6 nitrogen and oxygen atoms in total. The Balaban J connectivity index is 2.04. The van der Waals surface area contributed by atoms with Gasteiger partial charge in [-0.1, -0.05) is 0 Å². The minimum absolute atomic E-state index is 0.148. The zero-order chi connectivity index (χ0) is 9.26. The number of rotatable bonds is 2. The second-order valence-electron chi connectivity index (χ2n) is 3.24. The molecular formula is C7H11N5O. The first-order chi connectivity index (χ1) is 6.29. The van der Waals surface area contributed by atoms with Crippen LogP contribution in [-0.2, 0) is 0 Å². The molecule has 0 aromatic carbocycles. The molecule has 1 aromatic rings. The van der Waals surface area contributed by atoms with Crippen LogP contribution in [0, 0.1) is 0 Å². The molecule has 0 atom stereocenters. The van der Waals surface area contributed by atoms with E-state index in [1.54, 1.807) is 11.9 Å². The summed E-state index contributed by atoms with van der Waals surface area (Å²) in [5.74, 6) is -0.00662. The molecule has 1 heterocycles. The molecule has 0 spiro atoms. The van der Waals surface area contributed by atoms with Crippen LogP contribution in [0.25, 0.3) is 0 Å². The van der Waals surface area contributed by atoms with Crippen LogP contribution in [0.2, 0.25) is 0 Å². The van der Waals surface area contributed by atoms with Gasteiger partial charge >= 0.3 is 0 Å². The summed E-state index contributed by atoms with van der Waals surface area (Å²) in [4.78, 5) is 13.3. The van der Waals surface area contributed by atoms with Crippen LogP contribution in [0.4, 0.5) is 0 Å². The second-order valence-corrected chi connectivity index (χ2v) is 3.24. The van der Waals surface area contributed by atoms with Crippen LogP contribution >= 0.6 is 0 Å². The molecule has 1 fully saturated rings. The number of nitrogens with one attached hydrogen (secondary N) is 1. The van der Waals surface area contributed by atoms with Gasteiger partial charge in [0.2, 0.25) is 0 Å². The number of nitrogens with zero attached hydrogens (tertiary/aromatic N) is 4. The van der Waals surface area contributed by atoms with Gasteiger partial charge in [0.1, 0.15) is 0 Å². The Hall–Kier alpha value is -1.46. The Kier molecular flexibility index (Phi) is 1.96. The van der Waals surface area contributed by atoms with E-state index in [1.807, 2.05) is 0 Å². The highest BCUT2D eigenvalue weighted by Gasteiger charge is 2.27. The molecule has 1 aliphatic rings. The first-order valence-electron chi connectivity index (χ1n) is 4.29. The number of amides is 1. The molecule has 13 heavy (non-hydrogen) atoms. The van der Waals surface area contributed by atoms with Gasteiger partial charge < -0.3 is 4.90 Å². The largest absolute Gasteiger partial charge is 0.336 e. The molecular weight excluding hydrogens is 170 g/mol. The van der Waals surface area contributed by atoms with Crippen molar-refractivity contribution < 1.29 is 4.79 Å². The number of hydrogen-bond donors (Lipinski definition) is 1. The summed E-state index contributed by atoms with van der Waals surface area (Å²) in [7, 11) is 1.78. The van der Waals surface area contributed by atoms with E-state index in [2.05, 4.69) is 20.6 Å². The quantitative estimate of drug-likeness (QED) is 0.687. The zero-order valence-electron chi connectivity index (χ0n) is 7.40. The lowest BCUT2D eigenvalue weighted by atomic mass is 9.92. The number of aromatic nitrogens is 4. The smallest absolute Gasteiger partial charge is 0.295 e. The van der Waals surface area contributed by atoms with Gasteiger partial charge in [0.05, 0.1) is 0 Å². The molecule has 1 aliphatic carbocycles. The van der Waals surface area contributed by atoms with E-state index in [0.29, 0.717) is 6.04 Å². The monoisotopic (exact) mass is 181 g/mol. The Morgan fingerprint density at radius 2 is 2.38 bits per heavy atom. The predicted molar refractivity (Wildman–Crippen MR) is 43.9 cm³/mol. The van der Waals surface area contributed by atoms with Crippen LogP contribution < -0.4 is 0 Å². The number of aromatic amines is 1. The lowest BCUT2D eigenvalue weighted by Gasteiger charge is -2.33. The number of hydrogen-bond acceptors (Lipinski definition) is 4. The standard InChI is InChI=1S/C7H11N5O/c1-12(5-3-2-4-5)7(13)6-8-10-11-9-6/h5H,2-4H2,1H3,(H,8,9,10,11). The zero-order valence-corrected chi connectivity index (χ0v) is 7.40. The number of carbonyl (C=O) groups excluding carboxylic acids is 1. The average molecular weight is 181 g/mol. The number of H-pyrrole nitrogens is 1. The van der Waals surface area contributed by atoms with Crippen LogP contribution in [-0.4, -0.2) is 44.5 Å². The summed E-state index contributed by atoms with van der Waals surface area (Å²) >= 11 is 0. The molecule has 0 radical (unpaired) electrons. The molecule has 0 bridgehead atoms. The van der Waals surface area contributed by atoms with E-state index >= 15 is 0 Å². The van der Waals surface area contributed by atoms with E-state index in [1.165, 1.54) is 6.42 Å². The lowest BCUT2D eigenvalue weighted by molar-refractivity contribution is 0.0639. The number of carbonyl (C=O) groups is 1. The van der Waals surface area contributed by atoms with Gasteiger partial charge in [-0.2, -0.15) is 5.21 Å². The summed E-state index contributed by atoms with van der Waals surface area (Å²) in [6, 6.07) is 0.367. The molecule has 0 aliphatic heterocycles. The average Bonchev–Trinajstić information content (AvgIpc) is 2.51. The lowest BCUT2D eigenvalue weighted by Crippen LogP contribution is -2.41. The van der Waals surface area contributed by atoms with Crippen LogP contribution in [0.5, 0.6) is 0 Å². The maximum atomic E-state index is 11.6. The summed E-state index contributed by atoms with van der Waals surface area (Å²) in [5, 5.41) is 12.9. The summed E-state index contributed by atoms with van der Waals surface area (Å²) in [6.07, 6.45) is 3.37. The molecule has 1 amide bonds. The van der Waals surface area contributed by atoms with E-state index < -0.39 is 0 Å². The number of tetrazole rings is 1. The molecule has 1 saturated carbocycles. The Labute approximate surface area is 75.3 Å². The van der Waals surface area contributed by atoms with Gasteiger partial charge in [0.15, 0.2) is 0 Å². The summed E-state index contributed by atoms with van der Waals surface area (Å²) in [6.45, 7) is 0. The van der Waals surface area contributed by atoms with Crippen molar-refractivity contribution in [2.24, 2.45) is 0 Å². The van der Waals surface area contributed by atoms with E-state index in [4.69, 9.17) is 0 Å². The summed E-state index contributed by atoms with van der Waals surface area (Å²) < 4.78 is 0. The third kappa shape index (κ3) is 1.39. The fraction of sp³-hybridized carbons (Fsp3) is 0.714. The maximum absolute atomic E-state index is 11.6. The van der Waals surface area contributed by atoms with Crippen molar-refractivity contribution in [3.05, 3.63) is 5.82 Å². The minimum atomic E-state index is -0.154. The Morgan fingerprint density at radius 1 is 1.62 bits per heavy atom. The highest BCUT2D eigenvalue weighted by Crippen LogP contribution is 2.23. The van der Waals surface area contributed by atoms with Crippen molar-refractivity contribution in [3.8, 4) is 0 Å². The van der Waals surface area contributed by atoms with Gasteiger partial charge in [-0.3, -0.25) is 4.79 Å². The Bertz CT molecular complexity index is 292. The topological polar surface area (TPSA) is 74.8 Å². The first-order valence-corrected chi connectivity index (χ1v) is 4.29. The van der Waals surface area contributed by atoms with Crippen molar-refractivity contribution in [2.75, 3.05) is 7.05 Å². The normalized spacial score (nSPS) is 16.7. The van der Waals surface area contributed by atoms with Gasteiger partial charge in [0.25, 0.3) is 11.7 Å². The van der Waals surface area contributed by atoms with Crippen molar-refractivity contribution in [1.29, 1.82) is 0 Å². The molecule has 0 unspecified atom stereocenters. The third-order valence-electron chi connectivity index (χ3n) is 2.48. The minimum Gasteiger partial charge on any atom is -0.336 e. The second kappa shape index (κ2) is 3.12. The molecule has 1 N–H and O–H groups in total. The molecule has 70 valence electrons. The first kappa shape index (κ1) is 8.15. The van der Waals surface area contributed by atoms with Gasteiger partial charge in [0, 0.05) is 13.1 Å². The van der Waals surface area contributed by atoms with Crippen molar-refractivity contribution >= 4 is 5.91 Å². The van der Waals surface area contributed by atoms with Crippen LogP contribution in [0.1, 0.15) is 29.9 Å². The van der Waals surface area contributed by atoms with E-state index in [0.717, 1.165) is 12.8 Å². The highest BCUT2D eigenvalue weighted by atomic mass is 16.2. The van der Waals surface area contributed by atoms with E-state index in [9.17, 15) is 4.79 Å². The van der Waals surface area contributed by atoms with Crippen molar-refractivity contribution in [3.63, 3.8) is 0 Å². The molecule has 2 rings (SSSR count). The summed E-state index contributed by atoms with van der Waals surface area (Å²) in [5.41, 5.74) is 0. The molecule has 6 heteroatoms. The van der Waals surface area contributed by atoms with Crippen molar-refractivity contribution in [1.82, 2.24) is 25.5 Å². The van der Waals surface area contributed by atoms with Gasteiger partial charge in [-0.15, -0.1) is 10.2 Å². The fourth-order valence-electron chi connectivity index (χ4n) is 1.35. The molecule has 1 aromatic heterocycles. The highest BCUT2D eigenvalue weighted by molar-refractivity contribution is 5.90. The van der Waals surface area contributed by atoms with Gasteiger partial charge in [-0.25, -0.2) is 0 Å². The van der Waals surface area contributed by atoms with Crippen LogP contribution in [0.3, 0.4) is 0 Å². The van der Waals surface area contributed by atoms with Gasteiger partial charge in [-0.05, 0) is 24.5 Å². The third-order valence-corrected chi connectivity index (χ3v) is 2.48. The Morgan fingerprint density at radius 3 is 2.85 bits per heavy atom. The molecule has 0 saturated heterocycles. The fourth-order valence-corrected chi connectivity index (χ4v) is 1.35. The van der Waals surface area contributed by atoms with Crippen molar-refractivity contribution in [2.45, 2.75) is 25.3 Å². The van der Waals surface area contributed by atoms with E-state index in [-0.39, 0.29) is 11.7 Å².